The fourth-order valence-electron chi connectivity index (χ4n) is 1.49. The van der Waals surface area contributed by atoms with Gasteiger partial charge in [0.25, 0.3) is 0 Å². The topological polar surface area (TPSA) is 51.2 Å². The van der Waals surface area contributed by atoms with Gasteiger partial charge in [-0.25, -0.2) is 5.43 Å². The number of hydrazine groups is 1. The quantitative estimate of drug-likeness (QED) is 0.324. The summed E-state index contributed by atoms with van der Waals surface area (Å²) in [4.78, 5) is 0. The van der Waals surface area contributed by atoms with Crippen molar-refractivity contribution in [3.8, 4) is 12.3 Å². The van der Waals surface area contributed by atoms with E-state index in [1.807, 2.05) is 12.1 Å². The van der Waals surface area contributed by atoms with Crippen LogP contribution in [0, 0.1) is 12.3 Å². The summed E-state index contributed by atoms with van der Waals surface area (Å²) in [6, 6.07) is 4.03. The first-order valence-electron chi connectivity index (χ1n) is 5.30. The van der Waals surface area contributed by atoms with E-state index < -0.39 is 0 Å². The minimum absolute atomic E-state index is 0.0682. The Kier molecular flexibility index (Phi) is 4.96. The largest absolute Gasteiger partial charge is 0.464 e. The van der Waals surface area contributed by atoms with Crippen LogP contribution in [-0.2, 0) is 6.42 Å². The number of rotatable bonds is 6. The van der Waals surface area contributed by atoms with E-state index in [9.17, 15) is 0 Å². The molecule has 1 aromatic rings. The summed E-state index contributed by atoms with van der Waals surface area (Å²) in [6.45, 7) is 2.06. The zero-order chi connectivity index (χ0) is 11.1. The van der Waals surface area contributed by atoms with Crippen molar-refractivity contribution in [2.45, 2.75) is 38.6 Å². The molecule has 0 aliphatic carbocycles. The van der Waals surface area contributed by atoms with Crippen molar-refractivity contribution in [2.24, 2.45) is 5.84 Å². The Morgan fingerprint density at radius 1 is 1.60 bits per heavy atom. The Morgan fingerprint density at radius 3 is 2.93 bits per heavy atom. The van der Waals surface area contributed by atoms with Crippen molar-refractivity contribution in [1.29, 1.82) is 0 Å². The molecule has 1 heterocycles. The number of nitrogens with one attached hydrogen (secondary N) is 1. The molecule has 0 fully saturated rings. The van der Waals surface area contributed by atoms with Gasteiger partial charge in [-0.1, -0.05) is 6.92 Å². The molecule has 0 aliphatic rings. The normalized spacial score (nSPS) is 12.3. The number of terminal acetylenes is 1. The van der Waals surface area contributed by atoms with Gasteiger partial charge in [0.05, 0.1) is 6.04 Å². The van der Waals surface area contributed by atoms with Crippen LogP contribution in [0.3, 0.4) is 0 Å². The fourth-order valence-corrected chi connectivity index (χ4v) is 1.49. The van der Waals surface area contributed by atoms with E-state index in [4.69, 9.17) is 16.7 Å². The summed E-state index contributed by atoms with van der Waals surface area (Å²) in [7, 11) is 0. The van der Waals surface area contributed by atoms with Crippen molar-refractivity contribution in [3.63, 3.8) is 0 Å². The zero-order valence-corrected chi connectivity index (χ0v) is 9.12. The molecule has 0 saturated heterocycles. The lowest BCUT2D eigenvalue weighted by atomic mass is 10.1. The third-order valence-electron chi connectivity index (χ3n) is 2.39. The summed E-state index contributed by atoms with van der Waals surface area (Å²) in [5, 5.41) is 0. The molecule has 0 spiro atoms. The molecule has 0 aromatic carbocycles. The van der Waals surface area contributed by atoms with Crippen molar-refractivity contribution < 1.29 is 4.42 Å². The van der Waals surface area contributed by atoms with E-state index in [-0.39, 0.29) is 6.04 Å². The van der Waals surface area contributed by atoms with E-state index in [0.29, 0.717) is 0 Å². The van der Waals surface area contributed by atoms with Gasteiger partial charge in [-0.05, 0) is 25.0 Å². The highest BCUT2D eigenvalue weighted by Gasteiger charge is 2.12. The molecular weight excluding hydrogens is 188 g/mol. The van der Waals surface area contributed by atoms with Crippen LogP contribution in [0.2, 0.25) is 0 Å². The molecule has 1 rings (SSSR count). The van der Waals surface area contributed by atoms with Gasteiger partial charge in [0.15, 0.2) is 0 Å². The molecule has 0 aliphatic heterocycles. The van der Waals surface area contributed by atoms with Gasteiger partial charge in [-0.3, -0.25) is 5.84 Å². The molecule has 3 N–H and O–H groups in total. The minimum atomic E-state index is 0.0682. The second kappa shape index (κ2) is 6.28. The molecule has 0 saturated carbocycles. The molecule has 0 bridgehead atoms. The van der Waals surface area contributed by atoms with Crippen LogP contribution < -0.4 is 11.3 Å². The fraction of sp³-hybridized carbons (Fsp3) is 0.500. The lowest BCUT2D eigenvalue weighted by molar-refractivity contribution is 0.380. The lowest BCUT2D eigenvalue weighted by Gasteiger charge is -2.12. The maximum atomic E-state index is 5.62. The van der Waals surface area contributed by atoms with Crippen molar-refractivity contribution in [3.05, 3.63) is 23.7 Å². The van der Waals surface area contributed by atoms with Crippen LogP contribution in [0.25, 0.3) is 0 Å². The summed E-state index contributed by atoms with van der Waals surface area (Å²) < 4.78 is 5.62. The van der Waals surface area contributed by atoms with Gasteiger partial charge < -0.3 is 4.42 Å². The van der Waals surface area contributed by atoms with Crippen LogP contribution >= 0.6 is 0 Å². The van der Waals surface area contributed by atoms with Crippen LogP contribution in [-0.4, -0.2) is 0 Å². The van der Waals surface area contributed by atoms with Crippen molar-refractivity contribution in [1.82, 2.24) is 5.43 Å². The molecule has 1 atom stereocenters. The maximum absolute atomic E-state index is 5.62. The molecule has 82 valence electrons. The molecule has 0 amide bonds. The van der Waals surface area contributed by atoms with Crippen molar-refractivity contribution >= 4 is 0 Å². The highest BCUT2D eigenvalue weighted by molar-refractivity contribution is 5.10. The summed E-state index contributed by atoms with van der Waals surface area (Å²) >= 11 is 0. The average Bonchev–Trinajstić information content (AvgIpc) is 2.73. The van der Waals surface area contributed by atoms with Gasteiger partial charge in [0, 0.05) is 12.8 Å². The summed E-state index contributed by atoms with van der Waals surface area (Å²) in [5.41, 5.74) is 2.75. The van der Waals surface area contributed by atoms with E-state index >= 15 is 0 Å². The molecule has 0 radical (unpaired) electrons. The zero-order valence-electron chi connectivity index (χ0n) is 9.12. The number of nitrogens with two attached hydrogens (primary N) is 1. The molecule has 1 unspecified atom stereocenters. The molecule has 3 heteroatoms. The average molecular weight is 206 g/mol. The Labute approximate surface area is 91.0 Å². The Hall–Kier alpha value is -1.24. The maximum Gasteiger partial charge on any atom is 0.122 e. The Balaban J connectivity index is 2.54. The third-order valence-corrected chi connectivity index (χ3v) is 2.39. The second-order valence-electron chi connectivity index (χ2n) is 3.47. The first kappa shape index (κ1) is 11.8. The van der Waals surface area contributed by atoms with Crippen LogP contribution in [0.4, 0.5) is 0 Å². The SMILES string of the molecule is C#CCCCC(NN)c1ccc(CC)o1. The first-order valence-corrected chi connectivity index (χ1v) is 5.30. The number of aryl methyl sites for hydroxylation is 1. The van der Waals surface area contributed by atoms with Gasteiger partial charge in [-0.2, -0.15) is 0 Å². The summed E-state index contributed by atoms with van der Waals surface area (Å²) in [5.74, 6) is 9.97. The predicted molar refractivity (Wildman–Crippen MR) is 60.8 cm³/mol. The highest BCUT2D eigenvalue weighted by atomic mass is 16.3. The van der Waals surface area contributed by atoms with Crippen molar-refractivity contribution in [2.75, 3.05) is 0 Å². The second-order valence-corrected chi connectivity index (χ2v) is 3.47. The van der Waals surface area contributed by atoms with Crippen LogP contribution in [0.5, 0.6) is 0 Å². The van der Waals surface area contributed by atoms with Crippen LogP contribution in [0.15, 0.2) is 16.5 Å². The van der Waals surface area contributed by atoms with E-state index in [2.05, 4.69) is 18.3 Å². The van der Waals surface area contributed by atoms with Gasteiger partial charge in [0.1, 0.15) is 11.5 Å². The number of hydrogen-bond donors (Lipinski definition) is 2. The first-order chi connectivity index (χ1) is 7.31. The number of unbranched alkanes of at least 4 members (excludes halogenated alkanes) is 1. The number of hydrogen-bond acceptors (Lipinski definition) is 3. The number of furan rings is 1. The molecule has 15 heavy (non-hydrogen) atoms. The van der Waals surface area contributed by atoms with Gasteiger partial charge in [-0.15, -0.1) is 12.3 Å². The smallest absolute Gasteiger partial charge is 0.122 e. The van der Waals surface area contributed by atoms with Gasteiger partial charge in [0.2, 0.25) is 0 Å². The van der Waals surface area contributed by atoms with E-state index in [1.54, 1.807) is 0 Å². The van der Waals surface area contributed by atoms with E-state index in [0.717, 1.165) is 37.2 Å². The molecule has 3 nitrogen and oxygen atoms in total. The van der Waals surface area contributed by atoms with E-state index in [1.165, 1.54) is 0 Å². The minimum Gasteiger partial charge on any atom is -0.464 e. The molecule has 1 aromatic heterocycles. The Bertz CT molecular complexity index is 325. The third kappa shape index (κ3) is 3.43. The standard InChI is InChI=1S/C12H18N2O/c1-3-5-6-7-11(14-13)12-9-8-10(4-2)15-12/h1,8-9,11,14H,4-7,13H2,2H3. The molecular formula is C12H18N2O. The monoisotopic (exact) mass is 206 g/mol. The van der Waals surface area contributed by atoms with Crippen LogP contribution in [0.1, 0.15) is 43.7 Å². The lowest BCUT2D eigenvalue weighted by Crippen LogP contribution is -2.27. The summed E-state index contributed by atoms with van der Waals surface area (Å²) in [6.07, 6.45) is 8.73. The predicted octanol–water partition coefficient (Wildman–Crippen LogP) is 2.15. The van der Waals surface area contributed by atoms with Gasteiger partial charge >= 0.3 is 0 Å². The Morgan fingerprint density at radius 2 is 2.40 bits per heavy atom. The highest BCUT2D eigenvalue weighted by Crippen LogP contribution is 2.21.